The molecule has 2 bridgehead atoms. The number of para-hydroxylation sites is 1. The smallest absolute Gasteiger partial charge is 0.246 e. The third-order valence-corrected chi connectivity index (χ3v) is 7.30. The minimum absolute atomic E-state index is 0.0322. The van der Waals surface area contributed by atoms with Gasteiger partial charge in [0.15, 0.2) is 0 Å². The Kier molecular flexibility index (Phi) is 6.02. The van der Waals surface area contributed by atoms with E-state index in [1.165, 1.54) is 4.90 Å². The number of ether oxygens (including phenoxy) is 1. The molecule has 174 valence electrons. The Hall–Kier alpha value is -2.45. The summed E-state index contributed by atoms with van der Waals surface area (Å²) in [6, 6.07) is 8.22. The molecule has 3 heterocycles. The molecule has 8 nitrogen and oxygen atoms in total. The Morgan fingerprint density at radius 3 is 2.62 bits per heavy atom. The summed E-state index contributed by atoms with van der Waals surface area (Å²) in [6.07, 6.45) is 2.86. The standard InChI is InChI=1S/C24H33N3O5/c1-4-8-15(2)25-21(30)19-24-12-11-23(3,32-24)17(18(24)22(31)27(19)13-14-28)20(29)26-16-9-6-5-7-10-16/h5-7,9-10,15,17-19,28H,4,8,11-14H2,1-3H3,(H,25,30)(H,26,29)/t15?,17-,18-,19?,23+,24?/m0/s1. The summed E-state index contributed by atoms with van der Waals surface area (Å²) >= 11 is 0. The van der Waals surface area contributed by atoms with Crippen molar-refractivity contribution in [3.05, 3.63) is 30.3 Å². The summed E-state index contributed by atoms with van der Waals surface area (Å²) in [6.45, 7) is 5.63. The SMILES string of the molecule is CCCC(C)NC(=O)C1N(CCO)C(=O)[C@@H]2[C@@H](C(=O)Nc3ccccc3)[C@@]3(C)CCC12O3. The quantitative estimate of drug-likeness (QED) is 0.567. The number of hydrogen-bond donors (Lipinski definition) is 3. The second-order valence-corrected chi connectivity index (χ2v) is 9.54. The van der Waals surface area contributed by atoms with Gasteiger partial charge in [0.2, 0.25) is 17.7 Å². The topological polar surface area (TPSA) is 108 Å². The largest absolute Gasteiger partial charge is 0.395 e. The molecule has 3 amide bonds. The van der Waals surface area contributed by atoms with Gasteiger partial charge in [-0.3, -0.25) is 14.4 Å². The maximum absolute atomic E-state index is 13.6. The normalized spacial score (nSPS) is 33.8. The van der Waals surface area contributed by atoms with E-state index in [0.29, 0.717) is 18.5 Å². The van der Waals surface area contributed by atoms with Gasteiger partial charge in [-0.25, -0.2) is 0 Å². The van der Waals surface area contributed by atoms with E-state index in [9.17, 15) is 19.5 Å². The molecular weight excluding hydrogens is 410 g/mol. The maximum Gasteiger partial charge on any atom is 0.246 e. The zero-order valence-corrected chi connectivity index (χ0v) is 19.0. The molecule has 3 unspecified atom stereocenters. The Labute approximate surface area is 188 Å². The van der Waals surface area contributed by atoms with Crippen molar-refractivity contribution in [3.8, 4) is 0 Å². The molecule has 3 aliphatic rings. The second kappa shape index (κ2) is 8.48. The zero-order chi connectivity index (χ0) is 23.1. The lowest BCUT2D eigenvalue weighted by molar-refractivity contribution is -0.145. The van der Waals surface area contributed by atoms with Gasteiger partial charge in [-0.1, -0.05) is 31.5 Å². The van der Waals surface area contributed by atoms with Gasteiger partial charge in [-0.05, 0) is 45.2 Å². The molecule has 0 saturated carbocycles. The molecule has 0 aliphatic carbocycles. The molecule has 0 radical (unpaired) electrons. The van der Waals surface area contributed by atoms with Crippen molar-refractivity contribution in [3.63, 3.8) is 0 Å². The van der Waals surface area contributed by atoms with E-state index in [-0.39, 0.29) is 36.9 Å². The van der Waals surface area contributed by atoms with E-state index in [2.05, 4.69) is 10.6 Å². The lowest BCUT2D eigenvalue weighted by Gasteiger charge is -2.34. The molecule has 3 saturated heterocycles. The fraction of sp³-hybridized carbons (Fsp3) is 0.625. The summed E-state index contributed by atoms with van der Waals surface area (Å²) < 4.78 is 6.50. The molecule has 1 aromatic carbocycles. The molecule has 1 aromatic rings. The van der Waals surface area contributed by atoms with Crippen molar-refractivity contribution < 1.29 is 24.2 Å². The van der Waals surface area contributed by atoms with E-state index in [1.807, 2.05) is 39.0 Å². The predicted molar refractivity (Wildman–Crippen MR) is 119 cm³/mol. The van der Waals surface area contributed by atoms with Crippen LogP contribution in [0.3, 0.4) is 0 Å². The number of aliphatic hydroxyl groups is 1. The number of rotatable bonds is 8. The summed E-state index contributed by atoms with van der Waals surface area (Å²) in [7, 11) is 0. The van der Waals surface area contributed by atoms with Crippen LogP contribution in [0.5, 0.6) is 0 Å². The number of anilines is 1. The molecule has 32 heavy (non-hydrogen) atoms. The molecule has 6 atom stereocenters. The van der Waals surface area contributed by atoms with Gasteiger partial charge in [-0.2, -0.15) is 0 Å². The number of benzene rings is 1. The van der Waals surface area contributed by atoms with Crippen LogP contribution in [0, 0.1) is 11.8 Å². The van der Waals surface area contributed by atoms with Crippen molar-refractivity contribution in [1.82, 2.24) is 10.2 Å². The molecule has 3 fully saturated rings. The lowest BCUT2D eigenvalue weighted by atomic mass is 9.66. The molecule has 1 spiro atoms. The monoisotopic (exact) mass is 443 g/mol. The minimum Gasteiger partial charge on any atom is -0.395 e. The molecule has 3 aliphatic heterocycles. The number of nitrogens with one attached hydrogen (secondary N) is 2. The Bertz CT molecular complexity index is 893. The van der Waals surface area contributed by atoms with Crippen LogP contribution in [0.1, 0.15) is 46.5 Å². The van der Waals surface area contributed by atoms with E-state index in [4.69, 9.17) is 4.74 Å². The molecule has 3 N–H and O–H groups in total. The van der Waals surface area contributed by atoms with E-state index >= 15 is 0 Å². The van der Waals surface area contributed by atoms with Crippen LogP contribution < -0.4 is 10.6 Å². The summed E-state index contributed by atoms with van der Waals surface area (Å²) in [5.41, 5.74) is -1.23. The van der Waals surface area contributed by atoms with Crippen LogP contribution >= 0.6 is 0 Å². The van der Waals surface area contributed by atoms with Crippen LogP contribution in [-0.2, 0) is 19.1 Å². The van der Waals surface area contributed by atoms with Crippen molar-refractivity contribution in [2.75, 3.05) is 18.5 Å². The van der Waals surface area contributed by atoms with Gasteiger partial charge in [0, 0.05) is 18.3 Å². The summed E-state index contributed by atoms with van der Waals surface area (Å²) in [5, 5.41) is 15.6. The maximum atomic E-state index is 13.6. The van der Waals surface area contributed by atoms with Gasteiger partial charge in [0.1, 0.15) is 11.6 Å². The Morgan fingerprint density at radius 1 is 1.25 bits per heavy atom. The first-order valence-corrected chi connectivity index (χ1v) is 11.5. The predicted octanol–water partition coefficient (Wildman–Crippen LogP) is 1.69. The van der Waals surface area contributed by atoms with Gasteiger partial charge in [0.25, 0.3) is 0 Å². The van der Waals surface area contributed by atoms with Crippen molar-refractivity contribution >= 4 is 23.4 Å². The number of nitrogens with zero attached hydrogens (tertiary/aromatic N) is 1. The molecule has 4 rings (SSSR count). The number of β-amino-alcohol motifs (C(OH)–C–C–N with tert-alkyl or cyclic N) is 1. The number of likely N-dealkylation sites (tertiary alicyclic amines) is 1. The first-order chi connectivity index (χ1) is 15.3. The first-order valence-electron chi connectivity index (χ1n) is 11.5. The third kappa shape index (κ3) is 3.49. The molecule has 0 aromatic heterocycles. The highest BCUT2D eigenvalue weighted by Crippen LogP contribution is 2.63. The number of fused-ring (bicyclic) bond motifs is 1. The highest BCUT2D eigenvalue weighted by Gasteiger charge is 2.77. The number of aliphatic hydroxyl groups excluding tert-OH is 1. The van der Waals surface area contributed by atoms with Gasteiger partial charge >= 0.3 is 0 Å². The Morgan fingerprint density at radius 2 is 1.97 bits per heavy atom. The van der Waals surface area contributed by atoms with Crippen LogP contribution in [0.15, 0.2) is 30.3 Å². The van der Waals surface area contributed by atoms with E-state index < -0.39 is 29.1 Å². The van der Waals surface area contributed by atoms with E-state index in [0.717, 1.165) is 12.8 Å². The first kappa shape index (κ1) is 22.7. The zero-order valence-electron chi connectivity index (χ0n) is 19.0. The van der Waals surface area contributed by atoms with Crippen LogP contribution in [0.25, 0.3) is 0 Å². The molecular formula is C24H33N3O5. The second-order valence-electron chi connectivity index (χ2n) is 9.54. The number of hydrogen-bond acceptors (Lipinski definition) is 5. The van der Waals surface area contributed by atoms with Gasteiger partial charge in [-0.15, -0.1) is 0 Å². The van der Waals surface area contributed by atoms with Crippen molar-refractivity contribution in [2.45, 2.75) is 69.7 Å². The Balaban J connectivity index is 1.67. The average molecular weight is 444 g/mol. The summed E-state index contributed by atoms with van der Waals surface area (Å²) in [5.74, 6) is -2.31. The van der Waals surface area contributed by atoms with Crippen molar-refractivity contribution in [1.29, 1.82) is 0 Å². The summed E-state index contributed by atoms with van der Waals surface area (Å²) in [4.78, 5) is 41.8. The number of carbonyl (C=O) groups excluding carboxylic acids is 3. The van der Waals surface area contributed by atoms with Crippen LogP contribution in [0.4, 0.5) is 5.69 Å². The van der Waals surface area contributed by atoms with Gasteiger partial charge in [0.05, 0.1) is 24.0 Å². The lowest BCUT2D eigenvalue weighted by Crippen LogP contribution is -2.56. The number of amides is 3. The average Bonchev–Trinajstić information content (AvgIpc) is 3.30. The van der Waals surface area contributed by atoms with Gasteiger partial charge < -0.3 is 25.4 Å². The fourth-order valence-corrected chi connectivity index (χ4v) is 6.04. The van der Waals surface area contributed by atoms with E-state index in [1.54, 1.807) is 12.1 Å². The highest BCUT2D eigenvalue weighted by molar-refractivity contribution is 6.02. The fourth-order valence-electron chi connectivity index (χ4n) is 6.04. The highest BCUT2D eigenvalue weighted by atomic mass is 16.5. The third-order valence-electron chi connectivity index (χ3n) is 7.30. The van der Waals surface area contributed by atoms with Crippen LogP contribution in [-0.4, -0.2) is 64.2 Å². The minimum atomic E-state index is -1.06. The molecule has 8 heteroatoms. The van der Waals surface area contributed by atoms with Crippen LogP contribution in [0.2, 0.25) is 0 Å². The van der Waals surface area contributed by atoms with Crippen molar-refractivity contribution in [2.24, 2.45) is 11.8 Å². The number of carbonyl (C=O) groups is 3.